The maximum absolute atomic E-state index is 5.32. The SMILES string of the molecule is CC(C)CCCNc1ncnc(NN)c1Br. The smallest absolute Gasteiger partial charge is 0.159 e. The molecule has 90 valence electrons. The molecular weight excluding hydrogens is 270 g/mol. The van der Waals surface area contributed by atoms with Crippen LogP contribution < -0.4 is 16.6 Å². The van der Waals surface area contributed by atoms with Crippen LogP contribution in [0.2, 0.25) is 0 Å². The zero-order valence-corrected chi connectivity index (χ0v) is 11.2. The Morgan fingerprint density at radius 3 is 2.69 bits per heavy atom. The van der Waals surface area contributed by atoms with Crippen molar-refractivity contribution in [3.05, 3.63) is 10.8 Å². The molecule has 0 unspecified atom stereocenters. The number of nitrogen functional groups attached to an aromatic ring is 1. The standard InChI is InChI=1S/C10H18BrN5/c1-7(2)4-3-5-13-9-8(11)10(16-12)15-6-14-9/h6-7H,3-5,12H2,1-2H3,(H2,13,14,15,16). The average Bonchev–Trinajstić information content (AvgIpc) is 2.26. The number of halogens is 1. The van der Waals surface area contributed by atoms with Gasteiger partial charge in [0.1, 0.15) is 16.6 Å². The molecule has 0 saturated carbocycles. The zero-order chi connectivity index (χ0) is 12.0. The van der Waals surface area contributed by atoms with Crippen molar-refractivity contribution in [1.82, 2.24) is 9.97 Å². The molecule has 0 aromatic carbocycles. The molecule has 1 aromatic rings. The Balaban J connectivity index is 2.47. The lowest BCUT2D eigenvalue weighted by molar-refractivity contribution is 0.566. The third-order valence-corrected chi connectivity index (χ3v) is 2.93. The highest BCUT2D eigenvalue weighted by Gasteiger charge is 2.06. The molecule has 1 aromatic heterocycles. The van der Waals surface area contributed by atoms with Gasteiger partial charge in [0.15, 0.2) is 5.82 Å². The number of hydrogen-bond acceptors (Lipinski definition) is 5. The summed E-state index contributed by atoms with van der Waals surface area (Å²) in [5.41, 5.74) is 2.51. The van der Waals surface area contributed by atoms with E-state index in [0.717, 1.165) is 29.2 Å². The number of hydrazine groups is 1. The summed E-state index contributed by atoms with van der Waals surface area (Å²) in [5.74, 6) is 7.40. The van der Waals surface area contributed by atoms with Crippen molar-refractivity contribution in [2.24, 2.45) is 11.8 Å². The van der Waals surface area contributed by atoms with E-state index >= 15 is 0 Å². The largest absolute Gasteiger partial charge is 0.369 e. The van der Waals surface area contributed by atoms with Gasteiger partial charge in [0, 0.05) is 6.54 Å². The van der Waals surface area contributed by atoms with Gasteiger partial charge in [-0.15, -0.1) is 0 Å². The molecule has 0 amide bonds. The van der Waals surface area contributed by atoms with Crippen molar-refractivity contribution >= 4 is 27.6 Å². The van der Waals surface area contributed by atoms with Crippen LogP contribution in [0, 0.1) is 5.92 Å². The first-order valence-electron chi connectivity index (χ1n) is 5.36. The summed E-state index contributed by atoms with van der Waals surface area (Å²) in [7, 11) is 0. The number of nitrogens with zero attached hydrogens (tertiary/aromatic N) is 2. The summed E-state index contributed by atoms with van der Waals surface area (Å²) in [6.45, 7) is 5.34. The van der Waals surface area contributed by atoms with E-state index < -0.39 is 0 Å². The minimum Gasteiger partial charge on any atom is -0.369 e. The van der Waals surface area contributed by atoms with Gasteiger partial charge in [-0.3, -0.25) is 0 Å². The number of anilines is 2. The van der Waals surface area contributed by atoms with Crippen LogP contribution in [0.5, 0.6) is 0 Å². The molecule has 0 fully saturated rings. The molecule has 0 saturated heterocycles. The highest BCUT2D eigenvalue weighted by atomic mass is 79.9. The Bertz CT molecular complexity index is 329. The Hall–Kier alpha value is -0.880. The van der Waals surface area contributed by atoms with Crippen LogP contribution in [0.25, 0.3) is 0 Å². The third-order valence-electron chi connectivity index (χ3n) is 2.18. The van der Waals surface area contributed by atoms with E-state index in [9.17, 15) is 0 Å². The summed E-state index contributed by atoms with van der Waals surface area (Å²) in [6, 6.07) is 0. The molecule has 0 aliphatic carbocycles. The number of hydrogen-bond donors (Lipinski definition) is 3. The van der Waals surface area contributed by atoms with Crippen molar-refractivity contribution in [1.29, 1.82) is 0 Å². The number of aromatic nitrogens is 2. The predicted molar refractivity (Wildman–Crippen MR) is 70.1 cm³/mol. The lowest BCUT2D eigenvalue weighted by Crippen LogP contribution is -2.12. The molecule has 4 N–H and O–H groups in total. The number of rotatable bonds is 6. The summed E-state index contributed by atoms with van der Waals surface area (Å²) in [5, 5.41) is 3.25. The van der Waals surface area contributed by atoms with Gasteiger partial charge in [0.2, 0.25) is 0 Å². The van der Waals surface area contributed by atoms with Gasteiger partial charge >= 0.3 is 0 Å². The van der Waals surface area contributed by atoms with Crippen LogP contribution in [0.15, 0.2) is 10.8 Å². The summed E-state index contributed by atoms with van der Waals surface area (Å²) >= 11 is 3.39. The fraction of sp³-hybridized carbons (Fsp3) is 0.600. The highest BCUT2D eigenvalue weighted by molar-refractivity contribution is 9.10. The first kappa shape index (κ1) is 13.2. The van der Waals surface area contributed by atoms with E-state index in [4.69, 9.17) is 5.84 Å². The maximum atomic E-state index is 5.32. The van der Waals surface area contributed by atoms with Crippen LogP contribution >= 0.6 is 15.9 Å². The third kappa shape index (κ3) is 3.94. The maximum Gasteiger partial charge on any atom is 0.159 e. The second-order valence-corrected chi connectivity index (χ2v) is 4.79. The van der Waals surface area contributed by atoms with Gasteiger partial charge in [-0.1, -0.05) is 13.8 Å². The van der Waals surface area contributed by atoms with Crippen LogP contribution in [0.3, 0.4) is 0 Å². The fourth-order valence-corrected chi connectivity index (χ4v) is 1.77. The van der Waals surface area contributed by atoms with Crippen molar-refractivity contribution in [3.8, 4) is 0 Å². The van der Waals surface area contributed by atoms with Gasteiger partial charge in [0.05, 0.1) is 0 Å². The molecule has 1 heterocycles. The molecule has 6 heteroatoms. The quantitative estimate of drug-likeness (QED) is 0.425. The summed E-state index contributed by atoms with van der Waals surface area (Å²) < 4.78 is 0.766. The van der Waals surface area contributed by atoms with E-state index in [-0.39, 0.29) is 0 Å². The monoisotopic (exact) mass is 287 g/mol. The topological polar surface area (TPSA) is 75.9 Å². The predicted octanol–water partition coefficient (Wildman–Crippen LogP) is 2.37. The minimum atomic E-state index is 0.585. The molecule has 0 spiro atoms. The van der Waals surface area contributed by atoms with Gasteiger partial charge in [-0.2, -0.15) is 0 Å². The second kappa shape index (κ2) is 6.65. The molecule has 5 nitrogen and oxygen atoms in total. The van der Waals surface area contributed by atoms with E-state index in [1.54, 1.807) is 0 Å². The Labute approximate surface area is 104 Å². The van der Waals surface area contributed by atoms with Crippen molar-refractivity contribution in [2.45, 2.75) is 26.7 Å². The summed E-state index contributed by atoms with van der Waals surface area (Å²) in [6.07, 6.45) is 3.81. The van der Waals surface area contributed by atoms with Crippen molar-refractivity contribution in [2.75, 3.05) is 17.3 Å². The van der Waals surface area contributed by atoms with Gasteiger partial charge in [-0.25, -0.2) is 15.8 Å². The normalized spacial score (nSPS) is 10.6. The lowest BCUT2D eigenvalue weighted by atomic mass is 10.1. The average molecular weight is 288 g/mol. The van der Waals surface area contributed by atoms with Gasteiger partial charge in [-0.05, 0) is 34.7 Å². The van der Waals surface area contributed by atoms with Crippen LogP contribution in [0.1, 0.15) is 26.7 Å². The molecule has 0 atom stereocenters. The first-order valence-corrected chi connectivity index (χ1v) is 6.15. The van der Waals surface area contributed by atoms with Gasteiger partial charge < -0.3 is 10.7 Å². The number of nitrogens with two attached hydrogens (primary N) is 1. The molecule has 16 heavy (non-hydrogen) atoms. The lowest BCUT2D eigenvalue weighted by Gasteiger charge is -2.10. The molecule has 0 aliphatic heterocycles. The Kier molecular flexibility index (Phi) is 5.48. The van der Waals surface area contributed by atoms with Gasteiger partial charge in [0.25, 0.3) is 0 Å². The van der Waals surface area contributed by atoms with Crippen LogP contribution in [0.4, 0.5) is 11.6 Å². The minimum absolute atomic E-state index is 0.585. The molecule has 0 aliphatic rings. The number of nitrogens with one attached hydrogen (secondary N) is 2. The highest BCUT2D eigenvalue weighted by Crippen LogP contribution is 2.25. The van der Waals surface area contributed by atoms with E-state index in [1.807, 2.05) is 0 Å². The van der Waals surface area contributed by atoms with E-state index in [2.05, 4.69) is 50.5 Å². The van der Waals surface area contributed by atoms with Crippen molar-refractivity contribution in [3.63, 3.8) is 0 Å². The molecule has 0 radical (unpaired) electrons. The summed E-state index contributed by atoms with van der Waals surface area (Å²) in [4.78, 5) is 8.12. The van der Waals surface area contributed by atoms with E-state index in [1.165, 1.54) is 12.7 Å². The molecular formula is C10H18BrN5. The molecule has 0 bridgehead atoms. The van der Waals surface area contributed by atoms with Crippen LogP contribution in [-0.4, -0.2) is 16.5 Å². The Morgan fingerprint density at radius 1 is 1.38 bits per heavy atom. The zero-order valence-electron chi connectivity index (χ0n) is 9.63. The molecule has 1 rings (SSSR count). The van der Waals surface area contributed by atoms with Crippen molar-refractivity contribution < 1.29 is 0 Å². The Morgan fingerprint density at radius 2 is 2.06 bits per heavy atom. The fourth-order valence-electron chi connectivity index (χ4n) is 1.31. The second-order valence-electron chi connectivity index (χ2n) is 3.99. The van der Waals surface area contributed by atoms with Crippen LogP contribution in [-0.2, 0) is 0 Å². The van der Waals surface area contributed by atoms with E-state index in [0.29, 0.717) is 5.82 Å². The first-order chi connectivity index (χ1) is 7.65.